The summed E-state index contributed by atoms with van der Waals surface area (Å²) in [5.74, 6) is -1.35. The summed E-state index contributed by atoms with van der Waals surface area (Å²) in [5.41, 5.74) is 0.0254. The summed E-state index contributed by atoms with van der Waals surface area (Å²) < 4.78 is 25.7. The molecule has 0 radical (unpaired) electrons. The van der Waals surface area contributed by atoms with Gasteiger partial charge in [-0.1, -0.05) is 0 Å². The Hall–Kier alpha value is -1.98. The van der Waals surface area contributed by atoms with Crippen LogP contribution in [-0.2, 0) is 0 Å². The maximum absolute atomic E-state index is 13.1. The molecule has 0 unspecified atom stereocenters. The summed E-state index contributed by atoms with van der Waals surface area (Å²) in [7, 11) is 3.58. The van der Waals surface area contributed by atoms with Gasteiger partial charge in [0.2, 0.25) is 0 Å². The van der Waals surface area contributed by atoms with Gasteiger partial charge in [-0.15, -0.1) is 0 Å². The Bertz CT molecular complexity index is 418. The van der Waals surface area contributed by atoms with Crippen molar-refractivity contribution in [2.24, 2.45) is 10.2 Å². The number of hydrogen-bond acceptors (Lipinski definition) is 4. The highest BCUT2D eigenvalue weighted by molar-refractivity contribution is 5.37. The van der Waals surface area contributed by atoms with Gasteiger partial charge in [-0.05, 0) is 12.1 Å². The zero-order valence-electron chi connectivity index (χ0n) is 9.69. The van der Waals surface area contributed by atoms with Crippen LogP contribution < -0.4 is 5.32 Å². The van der Waals surface area contributed by atoms with Gasteiger partial charge in [0.05, 0.1) is 0 Å². The zero-order chi connectivity index (χ0) is 12.7. The number of hydrogen-bond donors (Lipinski definition) is 1. The van der Waals surface area contributed by atoms with Crippen LogP contribution in [0.5, 0.6) is 0 Å². The van der Waals surface area contributed by atoms with Crippen LogP contribution in [0.4, 0.5) is 14.5 Å². The van der Waals surface area contributed by atoms with Gasteiger partial charge >= 0.3 is 0 Å². The van der Waals surface area contributed by atoms with Gasteiger partial charge in [0, 0.05) is 32.6 Å². The lowest BCUT2D eigenvalue weighted by Crippen LogP contribution is -2.11. The molecule has 0 saturated carbocycles. The lowest BCUT2D eigenvalue weighted by Gasteiger charge is -2.08. The van der Waals surface area contributed by atoms with E-state index in [9.17, 15) is 8.78 Å². The van der Waals surface area contributed by atoms with Gasteiger partial charge in [0.25, 0.3) is 0 Å². The summed E-state index contributed by atoms with van der Waals surface area (Å²) in [6.45, 7) is 0.287. The van der Waals surface area contributed by atoms with Crippen LogP contribution in [0.15, 0.2) is 40.8 Å². The highest BCUT2D eigenvalue weighted by Crippen LogP contribution is 2.18. The number of benzene rings is 1. The second kappa shape index (κ2) is 6.57. The van der Waals surface area contributed by atoms with E-state index in [2.05, 4.69) is 15.5 Å². The highest BCUT2D eigenvalue weighted by Gasteiger charge is 2.01. The standard InChI is InChI=1S/C11H14F2N4/c1-14-5-6-17(2)8-15-16-11-4-3-9(12)7-10(11)13/h3-7,14H,8H2,1-2H3. The van der Waals surface area contributed by atoms with E-state index in [1.807, 2.05) is 0 Å². The lowest BCUT2D eigenvalue weighted by atomic mass is 10.3. The van der Waals surface area contributed by atoms with Gasteiger partial charge in [-0.2, -0.15) is 10.2 Å². The quantitative estimate of drug-likeness (QED) is 0.804. The van der Waals surface area contributed by atoms with E-state index in [1.54, 1.807) is 31.4 Å². The summed E-state index contributed by atoms with van der Waals surface area (Å²) in [6, 6.07) is 3.17. The molecule has 4 nitrogen and oxygen atoms in total. The largest absolute Gasteiger partial charge is 0.393 e. The molecule has 92 valence electrons. The van der Waals surface area contributed by atoms with Crippen LogP contribution in [0.25, 0.3) is 0 Å². The summed E-state index contributed by atoms with van der Waals surface area (Å²) in [6.07, 6.45) is 3.49. The summed E-state index contributed by atoms with van der Waals surface area (Å²) >= 11 is 0. The van der Waals surface area contributed by atoms with Gasteiger partial charge in [-0.3, -0.25) is 0 Å². The van der Waals surface area contributed by atoms with E-state index in [0.29, 0.717) is 0 Å². The van der Waals surface area contributed by atoms with Crippen molar-refractivity contribution in [2.75, 3.05) is 20.8 Å². The van der Waals surface area contributed by atoms with Crippen LogP contribution in [0.3, 0.4) is 0 Å². The van der Waals surface area contributed by atoms with E-state index in [-0.39, 0.29) is 12.4 Å². The smallest absolute Gasteiger partial charge is 0.153 e. The monoisotopic (exact) mass is 240 g/mol. The first-order chi connectivity index (χ1) is 8.13. The predicted octanol–water partition coefficient (Wildman–Crippen LogP) is 2.63. The minimum absolute atomic E-state index is 0.0254. The second-order valence-electron chi connectivity index (χ2n) is 3.34. The van der Waals surface area contributed by atoms with Crippen molar-refractivity contribution < 1.29 is 8.78 Å². The fourth-order valence-corrected chi connectivity index (χ4v) is 1.02. The van der Waals surface area contributed by atoms with Gasteiger partial charge in [-0.25, -0.2) is 8.78 Å². The Morgan fingerprint density at radius 3 is 2.82 bits per heavy atom. The molecular weight excluding hydrogens is 226 g/mol. The van der Waals surface area contributed by atoms with Crippen molar-refractivity contribution in [1.29, 1.82) is 0 Å². The third-order valence-electron chi connectivity index (χ3n) is 1.87. The molecule has 0 saturated heterocycles. The van der Waals surface area contributed by atoms with Crippen LogP contribution >= 0.6 is 0 Å². The molecule has 0 atom stereocenters. The molecule has 0 fully saturated rings. The van der Waals surface area contributed by atoms with E-state index in [1.165, 1.54) is 6.07 Å². The second-order valence-corrected chi connectivity index (χ2v) is 3.34. The number of rotatable bonds is 5. The minimum Gasteiger partial charge on any atom is -0.393 e. The maximum Gasteiger partial charge on any atom is 0.153 e. The molecule has 0 amide bonds. The Balaban J connectivity index is 2.56. The van der Waals surface area contributed by atoms with Crippen molar-refractivity contribution in [1.82, 2.24) is 10.2 Å². The Morgan fingerprint density at radius 1 is 1.41 bits per heavy atom. The Labute approximate surface area is 98.7 Å². The molecule has 0 spiro atoms. The minimum atomic E-state index is -0.720. The SMILES string of the molecule is CNC=CN(C)CN=Nc1ccc(F)cc1F. The maximum atomic E-state index is 13.1. The third-order valence-corrected chi connectivity index (χ3v) is 1.87. The topological polar surface area (TPSA) is 40.0 Å². The first-order valence-electron chi connectivity index (χ1n) is 5.00. The highest BCUT2D eigenvalue weighted by atomic mass is 19.1. The van der Waals surface area contributed by atoms with Gasteiger partial charge in [0.15, 0.2) is 5.82 Å². The van der Waals surface area contributed by atoms with E-state index in [4.69, 9.17) is 0 Å². The average Bonchev–Trinajstić information content (AvgIpc) is 2.29. The summed E-state index contributed by atoms with van der Waals surface area (Å²) in [5, 5.41) is 10.3. The van der Waals surface area contributed by atoms with Crippen molar-refractivity contribution in [2.45, 2.75) is 0 Å². The van der Waals surface area contributed by atoms with Crippen molar-refractivity contribution in [3.05, 3.63) is 42.2 Å². The van der Waals surface area contributed by atoms with Crippen LogP contribution in [0.2, 0.25) is 0 Å². The normalized spacial score (nSPS) is 11.3. The van der Waals surface area contributed by atoms with Gasteiger partial charge in [0.1, 0.15) is 18.2 Å². The molecule has 0 aromatic heterocycles. The number of nitrogens with zero attached hydrogens (tertiary/aromatic N) is 3. The van der Waals surface area contributed by atoms with Crippen molar-refractivity contribution in [3.8, 4) is 0 Å². The van der Waals surface area contributed by atoms with E-state index < -0.39 is 11.6 Å². The van der Waals surface area contributed by atoms with E-state index in [0.717, 1.165) is 12.1 Å². The molecule has 0 heterocycles. The van der Waals surface area contributed by atoms with Crippen molar-refractivity contribution in [3.63, 3.8) is 0 Å². The molecule has 0 aliphatic rings. The number of nitrogens with one attached hydrogen (secondary N) is 1. The first-order valence-corrected chi connectivity index (χ1v) is 5.00. The van der Waals surface area contributed by atoms with Crippen molar-refractivity contribution >= 4 is 5.69 Å². The molecule has 6 heteroatoms. The third kappa shape index (κ3) is 4.58. The molecular formula is C11H14F2N4. The predicted molar refractivity (Wildman–Crippen MR) is 61.7 cm³/mol. The molecule has 1 rings (SSSR count). The summed E-state index contributed by atoms with van der Waals surface area (Å²) in [4.78, 5) is 1.75. The Morgan fingerprint density at radius 2 is 2.18 bits per heavy atom. The average molecular weight is 240 g/mol. The van der Waals surface area contributed by atoms with Crippen LogP contribution in [0, 0.1) is 11.6 Å². The molecule has 1 N–H and O–H groups in total. The van der Waals surface area contributed by atoms with Gasteiger partial charge < -0.3 is 10.2 Å². The molecule has 0 bridgehead atoms. The fraction of sp³-hybridized carbons (Fsp3) is 0.273. The first kappa shape index (κ1) is 13.1. The van der Waals surface area contributed by atoms with Crippen LogP contribution in [-0.4, -0.2) is 25.7 Å². The number of halogens is 2. The molecule has 1 aromatic rings. The molecule has 17 heavy (non-hydrogen) atoms. The number of azo groups is 1. The lowest BCUT2D eigenvalue weighted by molar-refractivity contribution is 0.459. The molecule has 1 aromatic carbocycles. The molecule has 0 aliphatic heterocycles. The Kier molecular flexibility index (Phi) is 5.06. The fourth-order valence-electron chi connectivity index (χ4n) is 1.02. The van der Waals surface area contributed by atoms with E-state index >= 15 is 0 Å². The molecule has 0 aliphatic carbocycles. The van der Waals surface area contributed by atoms with Crippen LogP contribution in [0.1, 0.15) is 0 Å². The zero-order valence-corrected chi connectivity index (χ0v) is 9.69.